The Hall–Kier alpha value is -1.58. The zero-order valence-electron chi connectivity index (χ0n) is 12.4. The Labute approximate surface area is 129 Å². The molecule has 0 unspecified atom stereocenters. The van der Waals surface area contributed by atoms with Crippen LogP contribution in [0.15, 0.2) is 36.4 Å². The summed E-state index contributed by atoms with van der Waals surface area (Å²) in [5.41, 5.74) is 1.89. The van der Waals surface area contributed by atoms with Gasteiger partial charge in [0.15, 0.2) is 11.6 Å². The fourth-order valence-electron chi connectivity index (χ4n) is 1.87. The van der Waals surface area contributed by atoms with E-state index in [9.17, 15) is 4.39 Å². The second-order valence-electron chi connectivity index (χ2n) is 5.34. The van der Waals surface area contributed by atoms with Gasteiger partial charge in [-0.05, 0) is 42.3 Å². The van der Waals surface area contributed by atoms with Gasteiger partial charge in [0.1, 0.15) is 5.75 Å². The quantitative estimate of drug-likeness (QED) is 0.832. The first-order valence-electron chi connectivity index (χ1n) is 6.91. The summed E-state index contributed by atoms with van der Waals surface area (Å²) < 4.78 is 19.7. The topological polar surface area (TPSA) is 21.3 Å². The number of hydrogen-bond donors (Lipinski definition) is 1. The van der Waals surface area contributed by atoms with Crippen LogP contribution in [0.2, 0.25) is 5.02 Å². The number of benzene rings is 2. The van der Waals surface area contributed by atoms with Crippen LogP contribution in [-0.2, 0) is 6.54 Å². The first kappa shape index (κ1) is 15.8. The van der Waals surface area contributed by atoms with Crippen LogP contribution < -0.4 is 10.1 Å². The normalized spacial score (nSPS) is 11.0. The molecule has 0 heterocycles. The minimum atomic E-state index is -0.393. The molecule has 0 saturated carbocycles. The summed E-state index contributed by atoms with van der Waals surface area (Å²) in [4.78, 5) is 0. The molecular weight excluding hydrogens is 289 g/mol. The first-order valence-corrected chi connectivity index (χ1v) is 7.29. The third-order valence-corrected chi connectivity index (χ3v) is 3.33. The molecule has 0 aromatic heterocycles. The van der Waals surface area contributed by atoms with Gasteiger partial charge in [0.25, 0.3) is 0 Å². The van der Waals surface area contributed by atoms with Crippen LogP contribution in [0.3, 0.4) is 0 Å². The number of nitrogens with one attached hydrogen (secondary N) is 1. The van der Waals surface area contributed by atoms with Crippen LogP contribution in [0.25, 0.3) is 0 Å². The summed E-state index contributed by atoms with van der Waals surface area (Å²) >= 11 is 6.06. The fourth-order valence-corrected chi connectivity index (χ4v) is 2.02. The van der Waals surface area contributed by atoms with Crippen LogP contribution in [-0.4, -0.2) is 6.04 Å². The predicted molar refractivity (Wildman–Crippen MR) is 84.6 cm³/mol. The molecule has 2 aromatic carbocycles. The van der Waals surface area contributed by atoms with E-state index in [1.165, 1.54) is 6.07 Å². The van der Waals surface area contributed by atoms with E-state index in [1.54, 1.807) is 18.2 Å². The second-order valence-corrected chi connectivity index (χ2v) is 5.74. The van der Waals surface area contributed by atoms with Crippen molar-refractivity contribution in [3.05, 3.63) is 58.4 Å². The van der Waals surface area contributed by atoms with Crippen molar-refractivity contribution in [2.24, 2.45) is 0 Å². The standard InChI is InChI=1S/C17H19ClFNO/c1-11(2)20-10-13-5-7-16(15(19)9-13)21-17-8-12(3)4-6-14(17)18/h4-9,11,20H,10H2,1-3H3. The SMILES string of the molecule is Cc1ccc(Cl)c(Oc2ccc(CNC(C)C)cc2F)c1. The fraction of sp³-hybridized carbons (Fsp3) is 0.294. The van der Waals surface area contributed by atoms with Crippen LogP contribution in [0.5, 0.6) is 11.5 Å². The number of hydrogen-bond acceptors (Lipinski definition) is 2. The Morgan fingerprint density at radius 1 is 1.14 bits per heavy atom. The van der Waals surface area contributed by atoms with Crippen molar-refractivity contribution in [1.29, 1.82) is 0 Å². The second kappa shape index (κ2) is 6.92. The molecule has 0 spiro atoms. The Morgan fingerprint density at radius 2 is 1.90 bits per heavy atom. The molecule has 0 fully saturated rings. The minimum absolute atomic E-state index is 0.177. The van der Waals surface area contributed by atoms with Crippen molar-refractivity contribution >= 4 is 11.6 Å². The molecule has 1 N–H and O–H groups in total. The largest absolute Gasteiger partial charge is 0.453 e. The highest BCUT2D eigenvalue weighted by Crippen LogP contribution is 2.31. The summed E-state index contributed by atoms with van der Waals surface area (Å²) in [6, 6.07) is 10.7. The van der Waals surface area contributed by atoms with Gasteiger partial charge in [-0.2, -0.15) is 0 Å². The van der Waals surface area contributed by atoms with E-state index in [2.05, 4.69) is 5.32 Å². The first-order chi connectivity index (χ1) is 9.95. The summed E-state index contributed by atoms with van der Waals surface area (Å²) in [6.45, 7) is 6.65. The molecule has 21 heavy (non-hydrogen) atoms. The van der Waals surface area contributed by atoms with E-state index < -0.39 is 5.82 Å². The monoisotopic (exact) mass is 307 g/mol. The highest BCUT2D eigenvalue weighted by atomic mass is 35.5. The number of aryl methyl sites for hydroxylation is 1. The molecule has 2 aromatic rings. The lowest BCUT2D eigenvalue weighted by molar-refractivity contribution is 0.441. The third-order valence-electron chi connectivity index (χ3n) is 3.02. The summed E-state index contributed by atoms with van der Waals surface area (Å²) in [5, 5.41) is 3.71. The smallest absolute Gasteiger partial charge is 0.166 e. The summed E-state index contributed by atoms with van der Waals surface area (Å²) in [7, 11) is 0. The average Bonchev–Trinajstić information content (AvgIpc) is 2.43. The average molecular weight is 308 g/mol. The van der Waals surface area contributed by atoms with E-state index in [0.29, 0.717) is 23.4 Å². The van der Waals surface area contributed by atoms with E-state index in [4.69, 9.17) is 16.3 Å². The molecule has 0 aliphatic carbocycles. The van der Waals surface area contributed by atoms with Crippen LogP contribution in [0.4, 0.5) is 4.39 Å². The molecule has 0 bridgehead atoms. The molecule has 2 nitrogen and oxygen atoms in total. The number of ether oxygens (including phenoxy) is 1. The van der Waals surface area contributed by atoms with Gasteiger partial charge in [0.05, 0.1) is 5.02 Å². The number of halogens is 2. The Bertz CT molecular complexity index is 628. The lowest BCUT2D eigenvalue weighted by atomic mass is 10.2. The maximum Gasteiger partial charge on any atom is 0.166 e. The molecule has 0 amide bonds. The van der Waals surface area contributed by atoms with Gasteiger partial charge in [0.2, 0.25) is 0 Å². The number of rotatable bonds is 5. The molecule has 2 rings (SSSR count). The van der Waals surface area contributed by atoms with Crippen molar-refractivity contribution in [2.75, 3.05) is 0 Å². The third kappa shape index (κ3) is 4.45. The van der Waals surface area contributed by atoms with Gasteiger partial charge in [-0.1, -0.05) is 37.6 Å². The predicted octanol–water partition coefficient (Wildman–Crippen LogP) is 5.08. The Balaban J connectivity index is 2.15. The van der Waals surface area contributed by atoms with Gasteiger partial charge < -0.3 is 10.1 Å². The zero-order valence-corrected chi connectivity index (χ0v) is 13.2. The summed E-state index contributed by atoms with van der Waals surface area (Å²) in [6.07, 6.45) is 0. The van der Waals surface area contributed by atoms with Crippen molar-refractivity contribution in [3.8, 4) is 11.5 Å². The molecule has 0 aliphatic heterocycles. The van der Waals surface area contributed by atoms with Crippen molar-refractivity contribution in [2.45, 2.75) is 33.4 Å². The zero-order chi connectivity index (χ0) is 15.4. The minimum Gasteiger partial charge on any atom is -0.453 e. The van der Waals surface area contributed by atoms with Crippen molar-refractivity contribution in [1.82, 2.24) is 5.32 Å². The highest BCUT2D eigenvalue weighted by molar-refractivity contribution is 6.32. The Morgan fingerprint density at radius 3 is 2.57 bits per heavy atom. The van der Waals surface area contributed by atoms with Crippen molar-refractivity contribution < 1.29 is 9.13 Å². The highest BCUT2D eigenvalue weighted by Gasteiger charge is 2.09. The maximum absolute atomic E-state index is 14.1. The van der Waals surface area contributed by atoms with Gasteiger partial charge in [-0.15, -0.1) is 0 Å². The molecule has 0 atom stereocenters. The van der Waals surface area contributed by atoms with E-state index in [0.717, 1.165) is 11.1 Å². The van der Waals surface area contributed by atoms with E-state index in [1.807, 2.05) is 32.9 Å². The molecule has 0 aliphatic rings. The van der Waals surface area contributed by atoms with Gasteiger partial charge in [-0.3, -0.25) is 0 Å². The van der Waals surface area contributed by atoms with Gasteiger partial charge in [0, 0.05) is 12.6 Å². The van der Waals surface area contributed by atoms with E-state index >= 15 is 0 Å². The van der Waals surface area contributed by atoms with Gasteiger partial charge in [-0.25, -0.2) is 4.39 Å². The Kier molecular flexibility index (Phi) is 5.21. The van der Waals surface area contributed by atoms with Crippen LogP contribution in [0, 0.1) is 12.7 Å². The molecule has 0 radical (unpaired) electrons. The van der Waals surface area contributed by atoms with Gasteiger partial charge >= 0.3 is 0 Å². The van der Waals surface area contributed by atoms with E-state index in [-0.39, 0.29) is 5.75 Å². The lowest BCUT2D eigenvalue weighted by Gasteiger charge is -2.12. The van der Waals surface area contributed by atoms with Crippen molar-refractivity contribution in [3.63, 3.8) is 0 Å². The lowest BCUT2D eigenvalue weighted by Crippen LogP contribution is -2.21. The summed E-state index contributed by atoms with van der Waals surface area (Å²) in [5.74, 6) is 0.245. The maximum atomic E-state index is 14.1. The molecule has 4 heteroatoms. The molecule has 112 valence electrons. The molecule has 0 saturated heterocycles. The van der Waals surface area contributed by atoms with Crippen LogP contribution in [0.1, 0.15) is 25.0 Å². The van der Waals surface area contributed by atoms with Crippen LogP contribution >= 0.6 is 11.6 Å². The molecular formula is C17H19ClFNO.